The Kier molecular flexibility index (Phi) is 5.72. The number of sulfonamides is 1. The molecule has 9 heteroatoms. The number of nitrogens with zero attached hydrogens (tertiary/aromatic N) is 2. The van der Waals surface area contributed by atoms with Crippen LogP contribution in [-0.2, 0) is 28.3 Å². The van der Waals surface area contributed by atoms with Gasteiger partial charge >= 0.3 is 5.76 Å². The maximum atomic E-state index is 13.2. The van der Waals surface area contributed by atoms with Gasteiger partial charge in [0.25, 0.3) is 0 Å². The van der Waals surface area contributed by atoms with Gasteiger partial charge in [-0.2, -0.15) is 4.31 Å². The number of aromatic nitrogens is 1. The number of amides is 1. The van der Waals surface area contributed by atoms with Gasteiger partial charge in [0.2, 0.25) is 15.9 Å². The molecule has 1 aliphatic heterocycles. The lowest BCUT2D eigenvalue weighted by atomic mass is 9.98. The highest BCUT2D eigenvalue weighted by atomic mass is 32.2. The number of aryl methyl sites for hydroxylation is 2. The maximum absolute atomic E-state index is 13.2. The molecule has 0 radical (unpaired) electrons. The minimum absolute atomic E-state index is 0.0468. The normalized spacial score (nSPS) is 17.7. The number of benzene rings is 2. The van der Waals surface area contributed by atoms with Crippen LogP contribution in [0, 0.1) is 5.92 Å². The summed E-state index contributed by atoms with van der Waals surface area (Å²) in [6.07, 6.45) is 2.13. The Bertz CT molecular complexity index is 1270. The van der Waals surface area contributed by atoms with Crippen LogP contribution in [0.2, 0.25) is 0 Å². The van der Waals surface area contributed by atoms with E-state index in [1.54, 1.807) is 13.1 Å². The fourth-order valence-electron chi connectivity index (χ4n) is 3.87. The fourth-order valence-corrected chi connectivity index (χ4v) is 5.41. The number of nitrogens with one attached hydrogen (secondary N) is 1. The molecule has 1 amide bonds. The first kappa shape index (κ1) is 21.3. The molecule has 2 aromatic carbocycles. The highest BCUT2D eigenvalue weighted by Crippen LogP contribution is 2.26. The monoisotopic (exact) mass is 443 g/mol. The van der Waals surface area contributed by atoms with Gasteiger partial charge in [0.05, 0.1) is 16.3 Å². The molecule has 3 aromatic rings. The van der Waals surface area contributed by atoms with Crippen LogP contribution in [-0.4, -0.2) is 36.3 Å². The van der Waals surface area contributed by atoms with Gasteiger partial charge in [0, 0.05) is 31.9 Å². The van der Waals surface area contributed by atoms with Gasteiger partial charge in [-0.25, -0.2) is 13.2 Å². The number of fused-ring (bicyclic) bond motifs is 1. The van der Waals surface area contributed by atoms with E-state index in [9.17, 15) is 18.0 Å². The largest absolute Gasteiger partial charge is 0.419 e. The molecule has 0 bridgehead atoms. The Labute approximate surface area is 180 Å². The summed E-state index contributed by atoms with van der Waals surface area (Å²) in [5.41, 5.74) is 2.62. The van der Waals surface area contributed by atoms with Crippen molar-refractivity contribution in [3.8, 4) is 0 Å². The predicted molar refractivity (Wildman–Crippen MR) is 117 cm³/mol. The number of oxazole rings is 1. The second-order valence-electron chi connectivity index (χ2n) is 7.80. The molecule has 164 valence electrons. The van der Waals surface area contributed by atoms with Gasteiger partial charge in [0.15, 0.2) is 5.58 Å². The van der Waals surface area contributed by atoms with Crippen molar-refractivity contribution in [2.75, 3.05) is 18.4 Å². The van der Waals surface area contributed by atoms with Crippen LogP contribution in [0.4, 0.5) is 5.69 Å². The lowest BCUT2D eigenvalue weighted by Gasteiger charge is -2.31. The van der Waals surface area contributed by atoms with Crippen molar-refractivity contribution in [1.82, 2.24) is 8.87 Å². The summed E-state index contributed by atoms with van der Waals surface area (Å²) in [4.78, 5) is 24.5. The average Bonchev–Trinajstić information content (AvgIpc) is 3.07. The topological polar surface area (TPSA) is 102 Å². The number of hydrogen-bond donors (Lipinski definition) is 1. The number of rotatable bonds is 5. The van der Waals surface area contributed by atoms with E-state index in [0.717, 1.165) is 6.42 Å². The molecule has 1 aromatic heterocycles. The van der Waals surface area contributed by atoms with E-state index in [-0.39, 0.29) is 22.9 Å². The lowest BCUT2D eigenvalue weighted by Crippen LogP contribution is -2.43. The van der Waals surface area contributed by atoms with E-state index >= 15 is 0 Å². The van der Waals surface area contributed by atoms with Crippen molar-refractivity contribution in [1.29, 1.82) is 0 Å². The van der Waals surface area contributed by atoms with Crippen LogP contribution >= 0.6 is 0 Å². The van der Waals surface area contributed by atoms with Crippen LogP contribution < -0.4 is 11.1 Å². The lowest BCUT2D eigenvalue weighted by molar-refractivity contribution is -0.120. The Balaban J connectivity index is 1.51. The third-order valence-electron chi connectivity index (χ3n) is 5.79. The molecular formula is C22H25N3O5S. The average molecular weight is 444 g/mol. The van der Waals surface area contributed by atoms with E-state index in [1.807, 2.05) is 24.3 Å². The van der Waals surface area contributed by atoms with Crippen molar-refractivity contribution in [2.24, 2.45) is 13.0 Å². The molecule has 0 saturated carbocycles. The Morgan fingerprint density at radius 2 is 1.94 bits per heavy atom. The molecular weight excluding hydrogens is 418 g/mol. The molecule has 0 unspecified atom stereocenters. The number of anilines is 1. The van der Waals surface area contributed by atoms with E-state index in [2.05, 4.69) is 12.2 Å². The molecule has 2 heterocycles. The van der Waals surface area contributed by atoms with Crippen LogP contribution in [0.3, 0.4) is 0 Å². The van der Waals surface area contributed by atoms with Crippen molar-refractivity contribution in [3.63, 3.8) is 0 Å². The molecule has 1 aliphatic rings. The third-order valence-corrected chi connectivity index (χ3v) is 7.65. The molecule has 4 rings (SSSR count). The summed E-state index contributed by atoms with van der Waals surface area (Å²) in [7, 11) is -2.26. The number of carbonyl (C=O) groups excluding carboxylic acids is 1. The van der Waals surface area contributed by atoms with Crippen molar-refractivity contribution in [2.45, 2.75) is 31.1 Å². The van der Waals surface area contributed by atoms with Crippen molar-refractivity contribution < 1.29 is 17.6 Å². The molecule has 1 N–H and O–H groups in total. The number of piperidine rings is 1. The standard InChI is InChI=1S/C22H25N3O5S/c1-3-15-6-8-17(9-7-15)23-21(26)16-5-4-12-25(14-16)31(28,29)18-10-11-19-20(13-18)30-22(27)24(19)2/h6-11,13,16H,3-5,12,14H2,1-2H3,(H,23,26)/t16-/m0/s1. The zero-order valence-corrected chi connectivity index (χ0v) is 18.3. The third kappa shape index (κ3) is 4.15. The van der Waals surface area contributed by atoms with Gasteiger partial charge in [-0.15, -0.1) is 0 Å². The SMILES string of the molecule is CCc1ccc(NC(=O)[C@H]2CCCN(S(=O)(=O)c3ccc4c(c3)oc(=O)n4C)C2)cc1. The first-order valence-electron chi connectivity index (χ1n) is 10.3. The van der Waals surface area contributed by atoms with Gasteiger partial charge in [-0.3, -0.25) is 9.36 Å². The second kappa shape index (κ2) is 8.32. The summed E-state index contributed by atoms with van der Waals surface area (Å²) in [6.45, 7) is 2.51. The van der Waals surface area contributed by atoms with E-state index in [0.29, 0.717) is 30.6 Å². The van der Waals surface area contributed by atoms with Gasteiger partial charge in [-0.1, -0.05) is 19.1 Å². The fraction of sp³-hybridized carbons (Fsp3) is 0.364. The zero-order valence-electron chi connectivity index (χ0n) is 17.5. The molecule has 0 aliphatic carbocycles. The first-order chi connectivity index (χ1) is 14.8. The van der Waals surface area contributed by atoms with Crippen LogP contribution in [0.25, 0.3) is 11.1 Å². The van der Waals surface area contributed by atoms with Gasteiger partial charge < -0.3 is 9.73 Å². The summed E-state index contributed by atoms with van der Waals surface area (Å²) in [5.74, 6) is -1.17. The Morgan fingerprint density at radius 1 is 1.19 bits per heavy atom. The molecule has 8 nitrogen and oxygen atoms in total. The minimum atomic E-state index is -3.82. The molecule has 1 atom stereocenters. The summed E-state index contributed by atoms with van der Waals surface area (Å²) >= 11 is 0. The quantitative estimate of drug-likeness (QED) is 0.653. The van der Waals surface area contributed by atoms with Crippen LogP contribution in [0.15, 0.2) is 56.6 Å². The highest BCUT2D eigenvalue weighted by molar-refractivity contribution is 7.89. The van der Waals surface area contributed by atoms with Crippen LogP contribution in [0.1, 0.15) is 25.3 Å². The van der Waals surface area contributed by atoms with Crippen molar-refractivity contribution in [3.05, 3.63) is 58.6 Å². The molecule has 1 fully saturated rings. The summed E-state index contributed by atoms with van der Waals surface area (Å²) in [6, 6.07) is 12.0. The number of hydrogen-bond acceptors (Lipinski definition) is 5. The van der Waals surface area contributed by atoms with E-state index < -0.39 is 21.7 Å². The van der Waals surface area contributed by atoms with E-state index in [1.165, 1.54) is 26.6 Å². The molecule has 31 heavy (non-hydrogen) atoms. The Morgan fingerprint density at radius 3 is 2.65 bits per heavy atom. The van der Waals surface area contributed by atoms with Gasteiger partial charge in [0.1, 0.15) is 0 Å². The predicted octanol–water partition coefficient (Wildman–Crippen LogP) is 2.73. The zero-order chi connectivity index (χ0) is 22.2. The second-order valence-corrected chi connectivity index (χ2v) is 9.74. The van der Waals surface area contributed by atoms with Gasteiger partial charge in [-0.05, 0) is 49.1 Å². The van der Waals surface area contributed by atoms with E-state index in [4.69, 9.17) is 4.42 Å². The highest BCUT2D eigenvalue weighted by Gasteiger charge is 2.33. The maximum Gasteiger partial charge on any atom is 0.419 e. The van der Waals surface area contributed by atoms with Crippen LogP contribution in [0.5, 0.6) is 0 Å². The molecule has 1 saturated heterocycles. The Hall–Kier alpha value is -2.91. The molecule has 0 spiro atoms. The summed E-state index contributed by atoms with van der Waals surface area (Å²) in [5, 5.41) is 2.89. The van der Waals surface area contributed by atoms with Crippen molar-refractivity contribution >= 4 is 32.7 Å². The summed E-state index contributed by atoms with van der Waals surface area (Å²) < 4.78 is 34.2. The number of carbonyl (C=O) groups is 1. The minimum Gasteiger partial charge on any atom is -0.408 e. The smallest absolute Gasteiger partial charge is 0.408 e. The first-order valence-corrected chi connectivity index (χ1v) is 11.7.